The third-order valence-electron chi connectivity index (χ3n) is 4.24. The first kappa shape index (κ1) is 12.5. The predicted molar refractivity (Wildman–Crippen MR) is 84.7 cm³/mol. The first-order valence-corrected chi connectivity index (χ1v) is 7.06. The van der Waals surface area contributed by atoms with Crippen LogP contribution in [0.25, 0.3) is 22.0 Å². The first-order valence-electron chi connectivity index (χ1n) is 7.56. The summed E-state index contributed by atoms with van der Waals surface area (Å²) in [5.74, 6) is -0.127. The van der Waals surface area contributed by atoms with Gasteiger partial charge in [0.2, 0.25) is 5.69 Å². The van der Waals surface area contributed by atoms with E-state index < -0.39 is 0 Å². The zero-order valence-corrected chi connectivity index (χ0v) is 12.8. The number of nitrogens with zero attached hydrogens (tertiary/aromatic N) is 1. The van der Waals surface area contributed by atoms with Gasteiger partial charge in [0.1, 0.15) is 12.9 Å². The van der Waals surface area contributed by atoms with Gasteiger partial charge in [-0.2, -0.15) is 0 Å². The van der Waals surface area contributed by atoms with E-state index in [2.05, 4.69) is 4.57 Å². The average molecular weight is 281 g/mol. The van der Waals surface area contributed by atoms with E-state index in [9.17, 15) is 4.39 Å². The fraction of sp³-hybridized carbons (Fsp3) is 0.211. The van der Waals surface area contributed by atoms with Crippen molar-refractivity contribution in [3.8, 4) is 11.3 Å². The molecule has 0 radical (unpaired) electrons. The van der Waals surface area contributed by atoms with Crippen molar-refractivity contribution < 1.29 is 10.3 Å². The van der Waals surface area contributed by atoms with Crippen LogP contribution < -0.4 is 4.57 Å². The van der Waals surface area contributed by atoms with E-state index in [0.29, 0.717) is 17.2 Å². The molecule has 0 fully saturated rings. The molecule has 2 aromatic carbocycles. The van der Waals surface area contributed by atoms with Gasteiger partial charge in [0.15, 0.2) is 6.20 Å². The van der Waals surface area contributed by atoms with Gasteiger partial charge >= 0.3 is 0 Å². The molecule has 0 bridgehead atoms. The Kier molecular flexibility index (Phi) is 2.95. The number of rotatable bonds is 1. The Hall–Kier alpha value is -2.22. The lowest BCUT2D eigenvalue weighted by Crippen LogP contribution is -2.30. The molecule has 3 rings (SSSR count). The van der Waals surface area contributed by atoms with Crippen molar-refractivity contribution in [3.05, 3.63) is 65.1 Å². The van der Waals surface area contributed by atoms with Crippen LogP contribution in [0.2, 0.25) is 0 Å². The summed E-state index contributed by atoms with van der Waals surface area (Å²) in [6.07, 6.45) is 1.99. The number of fused-ring (bicyclic) bond motifs is 1. The zero-order chi connectivity index (χ0) is 16.0. The average Bonchev–Trinajstić information content (AvgIpc) is 2.49. The van der Waals surface area contributed by atoms with Crippen molar-refractivity contribution in [2.24, 2.45) is 7.05 Å². The maximum atomic E-state index is 14.1. The fourth-order valence-corrected chi connectivity index (χ4v) is 2.89. The summed E-state index contributed by atoms with van der Waals surface area (Å²) < 4.78 is 24.0. The summed E-state index contributed by atoms with van der Waals surface area (Å²) in [5.41, 5.74) is 4.42. The molecule has 21 heavy (non-hydrogen) atoms. The van der Waals surface area contributed by atoms with Gasteiger partial charge in [-0.3, -0.25) is 0 Å². The smallest absolute Gasteiger partial charge is 0.206 e. The lowest BCUT2D eigenvalue weighted by atomic mass is 9.94. The van der Waals surface area contributed by atoms with Gasteiger partial charge in [-0.1, -0.05) is 18.2 Å². The second-order valence-corrected chi connectivity index (χ2v) is 5.59. The summed E-state index contributed by atoms with van der Waals surface area (Å²) >= 11 is 0. The lowest BCUT2D eigenvalue weighted by Gasteiger charge is -2.12. The second-order valence-electron chi connectivity index (χ2n) is 5.59. The Labute approximate surface area is 126 Å². The van der Waals surface area contributed by atoms with E-state index in [4.69, 9.17) is 1.37 Å². The van der Waals surface area contributed by atoms with Crippen LogP contribution in [0.3, 0.4) is 0 Å². The molecule has 1 heterocycles. The molecule has 106 valence electrons. The summed E-state index contributed by atoms with van der Waals surface area (Å²) in [4.78, 5) is 0. The molecular weight excluding hydrogens is 261 g/mol. The predicted octanol–water partition coefficient (Wildman–Crippen LogP) is 4.40. The van der Waals surface area contributed by atoms with Gasteiger partial charge in [-0.15, -0.1) is 0 Å². The molecule has 0 aliphatic heterocycles. The van der Waals surface area contributed by atoms with Gasteiger partial charge < -0.3 is 0 Å². The van der Waals surface area contributed by atoms with Crippen molar-refractivity contribution in [2.75, 3.05) is 0 Å². The molecule has 0 saturated carbocycles. The van der Waals surface area contributed by atoms with Crippen LogP contribution in [0.15, 0.2) is 42.6 Å². The fourth-order valence-electron chi connectivity index (χ4n) is 2.89. The minimum Gasteiger partial charge on any atom is -0.206 e. The van der Waals surface area contributed by atoms with Crippen LogP contribution >= 0.6 is 0 Å². The summed E-state index contributed by atoms with van der Waals surface area (Å²) in [7, 11) is 2.00. The molecule has 0 aliphatic carbocycles. The molecule has 0 atom stereocenters. The molecular formula is C19H19FN+. The minimum absolute atomic E-state index is 0.127. The quantitative estimate of drug-likeness (QED) is 0.582. The number of benzene rings is 2. The molecule has 0 spiro atoms. The van der Waals surface area contributed by atoms with Crippen molar-refractivity contribution in [1.82, 2.24) is 0 Å². The third kappa shape index (κ3) is 2.11. The highest BCUT2D eigenvalue weighted by atomic mass is 19.1. The van der Waals surface area contributed by atoms with Crippen LogP contribution in [0.1, 0.15) is 18.1 Å². The number of aryl methyl sites for hydroxylation is 2. The Morgan fingerprint density at radius 1 is 1.10 bits per heavy atom. The molecule has 0 N–H and O–H groups in total. The van der Waals surface area contributed by atoms with Crippen LogP contribution in [-0.4, -0.2) is 0 Å². The van der Waals surface area contributed by atoms with E-state index in [1.54, 1.807) is 13.0 Å². The van der Waals surface area contributed by atoms with Gasteiger partial charge in [0.25, 0.3) is 0 Å². The Balaban J connectivity index is 2.43. The van der Waals surface area contributed by atoms with Crippen LogP contribution in [0.4, 0.5) is 4.39 Å². The molecule has 0 amide bonds. The van der Waals surface area contributed by atoms with Gasteiger partial charge in [-0.05, 0) is 55.0 Å². The normalized spacial score (nSPS) is 11.8. The highest BCUT2D eigenvalue weighted by Gasteiger charge is 2.20. The highest BCUT2D eigenvalue weighted by Crippen LogP contribution is 2.31. The van der Waals surface area contributed by atoms with Crippen molar-refractivity contribution in [1.29, 1.82) is 0 Å². The number of hydrogen-bond donors (Lipinski definition) is 0. The Morgan fingerprint density at radius 2 is 1.86 bits per heavy atom. The van der Waals surface area contributed by atoms with Gasteiger partial charge in [0, 0.05) is 6.07 Å². The van der Waals surface area contributed by atoms with Crippen LogP contribution in [0, 0.1) is 26.6 Å². The molecule has 1 nitrogen and oxygen atoms in total. The van der Waals surface area contributed by atoms with E-state index >= 15 is 0 Å². The van der Waals surface area contributed by atoms with Crippen molar-refractivity contribution in [2.45, 2.75) is 20.8 Å². The van der Waals surface area contributed by atoms with E-state index in [1.807, 2.05) is 51.4 Å². The van der Waals surface area contributed by atoms with E-state index in [0.717, 1.165) is 27.6 Å². The third-order valence-corrected chi connectivity index (χ3v) is 4.24. The lowest BCUT2D eigenvalue weighted by molar-refractivity contribution is -0.659. The van der Waals surface area contributed by atoms with Crippen molar-refractivity contribution >= 4 is 10.8 Å². The number of pyridine rings is 1. The van der Waals surface area contributed by atoms with Gasteiger partial charge in [0.05, 0.1) is 12.3 Å². The van der Waals surface area contributed by atoms with Crippen molar-refractivity contribution in [3.63, 3.8) is 0 Å². The Bertz CT molecular complexity index is 900. The number of aromatic nitrogens is 1. The number of hydrogen-bond acceptors (Lipinski definition) is 0. The first-order chi connectivity index (χ1) is 10.4. The van der Waals surface area contributed by atoms with E-state index in [-0.39, 0.29) is 5.82 Å². The van der Waals surface area contributed by atoms with E-state index in [1.165, 1.54) is 0 Å². The summed E-state index contributed by atoms with van der Waals surface area (Å²) in [6.45, 7) is 5.59. The molecule has 1 aromatic heterocycles. The largest absolute Gasteiger partial charge is 0.220 e. The maximum Gasteiger partial charge on any atom is 0.220 e. The molecule has 2 heteroatoms. The van der Waals surface area contributed by atoms with Crippen LogP contribution in [-0.2, 0) is 7.05 Å². The maximum absolute atomic E-state index is 14.1. The van der Waals surface area contributed by atoms with Gasteiger partial charge in [-0.25, -0.2) is 8.96 Å². The summed E-state index contributed by atoms with van der Waals surface area (Å²) in [5, 5.41) is 2.11. The van der Waals surface area contributed by atoms with Crippen LogP contribution in [0.5, 0.6) is 0 Å². The topological polar surface area (TPSA) is 3.88 Å². The second kappa shape index (κ2) is 4.96. The molecule has 0 unspecified atom stereocenters. The molecule has 0 aliphatic rings. The molecule has 0 saturated heterocycles. The minimum atomic E-state index is -0.127. The summed E-state index contributed by atoms with van der Waals surface area (Å²) in [6, 6.07) is 10.1. The molecule has 3 aromatic rings. The zero-order valence-electron chi connectivity index (χ0n) is 13.8. The highest BCUT2D eigenvalue weighted by molar-refractivity contribution is 5.93. The Morgan fingerprint density at radius 3 is 2.62 bits per heavy atom. The SMILES string of the molecule is [2H]c1ccc2c(-c3cc(C)c(F)c(C)c3C)[n+](C)ccc2c1. The number of halogens is 1. The standard InChI is InChI=1S/C19H19FN/c1-12-11-17(13(2)14(3)18(12)20)19-16-8-6-5-7-15(16)9-10-21(19)4/h5-11H,1-4H3/q+1/i5D. The monoisotopic (exact) mass is 281 g/mol.